The van der Waals surface area contributed by atoms with Gasteiger partial charge in [-0.25, -0.2) is 0 Å². The standard InChI is InChI=1S/C7H11N3/c1-2-6(8)5-3-10-4-7(5)9/h2-4,6,10H,1,8-9H2/t6-/m1/s1. The third kappa shape index (κ3) is 1.04. The Labute approximate surface area is 59.7 Å². The van der Waals surface area contributed by atoms with E-state index in [-0.39, 0.29) is 6.04 Å². The molecular weight excluding hydrogens is 126 g/mol. The van der Waals surface area contributed by atoms with Gasteiger partial charge in [-0.1, -0.05) is 6.08 Å². The van der Waals surface area contributed by atoms with E-state index in [1.807, 2.05) is 0 Å². The second kappa shape index (κ2) is 2.58. The summed E-state index contributed by atoms with van der Waals surface area (Å²) in [5.74, 6) is 0. The van der Waals surface area contributed by atoms with Crippen LogP contribution in [-0.2, 0) is 0 Å². The number of nitrogens with one attached hydrogen (secondary N) is 1. The Morgan fingerprint density at radius 2 is 2.30 bits per heavy atom. The molecule has 1 atom stereocenters. The van der Waals surface area contributed by atoms with Crippen molar-refractivity contribution in [1.29, 1.82) is 0 Å². The molecule has 5 N–H and O–H groups in total. The molecule has 1 heterocycles. The number of H-pyrrole nitrogens is 1. The van der Waals surface area contributed by atoms with Gasteiger partial charge in [0.25, 0.3) is 0 Å². The number of nitrogens with two attached hydrogens (primary N) is 2. The van der Waals surface area contributed by atoms with Crippen molar-refractivity contribution in [3.05, 3.63) is 30.6 Å². The maximum atomic E-state index is 5.62. The smallest absolute Gasteiger partial charge is 0.0543 e. The minimum absolute atomic E-state index is 0.161. The highest BCUT2D eigenvalue weighted by atomic mass is 14.8. The Morgan fingerprint density at radius 3 is 2.70 bits per heavy atom. The third-order valence-electron chi connectivity index (χ3n) is 1.42. The van der Waals surface area contributed by atoms with Gasteiger partial charge in [-0.3, -0.25) is 0 Å². The lowest BCUT2D eigenvalue weighted by Gasteiger charge is -2.02. The highest BCUT2D eigenvalue weighted by Crippen LogP contribution is 2.17. The fourth-order valence-corrected chi connectivity index (χ4v) is 0.804. The summed E-state index contributed by atoms with van der Waals surface area (Å²) >= 11 is 0. The number of aromatic amines is 1. The normalized spacial score (nSPS) is 12.9. The number of nitrogen functional groups attached to an aromatic ring is 1. The molecule has 3 heteroatoms. The Balaban J connectivity index is 2.92. The lowest BCUT2D eigenvalue weighted by molar-refractivity contribution is 0.919. The van der Waals surface area contributed by atoms with Crippen molar-refractivity contribution >= 4 is 5.69 Å². The number of hydrogen-bond donors (Lipinski definition) is 3. The predicted molar refractivity (Wildman–Crippen MR) is 42.3 cm³/mol. The highest BCUT2D eigenvalue weighted by molar-refractivity contribution is 5.47. The molecule has 1 aromatic heterocycles. The maximum absolute atomic E-state index is 5.62. The van der Waals surface area contributed by atoms with Gasteiger partial charge < -0.3 is 16.5 Å². The lowest BCUT2D eigenvalue weighted by Crippen LogP contribution is -2.07. The average molecular weight is 137 g/mol. The first-order valence-electron chi connectivity index (χ1n) is 3.06. The van der Waals surface area contributed by atoms with Gasteiger partial charge in [0.1, 0.15) is 0 Å². The summed E-state index contributed by atoms with van der Waals surface area (Å²) in [5.41, 5.74) is 12.8. The number of hydrogen-bond acceptors (Lipinski definition) is 2. The summed E-state index contributed by atoms with van der Waals surface area (Å²) in [6.45, 7) is 3.56. The molecule has 1 aromatic rings. The fourth-order valence-electron chi connectivity index (χ4n) is 0.804. The summed E-state index contributed by atoms with van der Waals surface area (Å²) < 4.78 is 0. The molecule has 0 unspecified atom stereocenters. The Bertz CT molecular complexity index is 227. The Kier molecular flexibility index (Phi) is 1.78. The molecule has 0 fully saturated rings. The van der Waals surface area contributed by atoms with E-state index in [1.54, 1.807) is 18.5 Å². The van der Waals surface area contributed by atoms with Gasteiger partial charge in [-0.15, -0.1) is 6.58 Å². The van der Waals surface area contributed by atoms with Crippen LogP contribution in [0.1, 0.15) is 11.6 Å². The van der Waals surface area contributed by atoms with E-state index < -0.39 is 0 Å². The largest absolute Gasteiger partial charge is 0.397 e. The molecule has 0 aliphatic heterocycles. The van der Waals surface area contributed by atoms with Crippen LogP contribution >= 0.6 is 0 Å². The molecule has 0 amide bonds. The molecule has 54 valence electrons. The van der Waals surface area contributed by atoms with Gasteiger partial charge in [0, 0.05) is 18.0 Å². The molecule has 0 bridgehead atoms. The molecule has 1 rings (SSSR count). The van der Waals surface area contributed by atoms with E-state index in [1.165, 1.54) is 0 Å². The second-order valence-corrected chi connectivity index (χ2v) is 2.13. The Morgan fingerprint density at radius 1 is 1.60 bits per heavy atom. The molecular formula is C7H11N3. The first-order valence-corrected chi connectivity index (χ1v) is 3.06. The van der Waals surface area contributed by atoms with Crippen LogP contribution in [0.2, 0.25) is 0 Å². The van der Waals surface area contributed by atoms with Crippen LogP contribution in [0.25, 0.3) is 0 Å². The molecule has 0 spiro atoms. The lowest BCUT2D eigenvalue weighted by atomic mass is 10.1. The van der Waals surface area contributed by atoms with E-state index in [2.05, 4.69) is 11.6 Å². The van der Waals surface area contributed by atoms with Crippen LogP contribution in [0.4, 0.5) is 5.69 Å². The second-order valence-electron chi connectivity index (χ2n) is 2.13. The summed E-state index contributed by atoms with van der Waals surface area (Å²) in [5, 5.41) is 0. The zero-order chi connectivity index (χ0) is 7.56. The van der Waals surface area contributed by atoms with Crippen LogP contribution in [0.15, 0.2) is 25.0 Å². The molecule has 0 radical (unpaired) electrons. The van der Waals surface area contributed by atoms with Gasteiger partial charge in [-0.2, -0.15) is 0 Å². The zero-order valence-corrected chi connectivity index (χ0v) is 5.67. The van der Waals surface area contributed by atoms with Gasteiger partial charge in [0.05, 0.1) is 11.7 Å². The number of anilines is 1. The van der Waals surface area contributed by atoms with Crippen LogP contribution in [0, 0.1) is 0 Å². The van der Waals surface area contributed by atoms with Crippen molar-refractivity contribution in [1.82, 2.24) is 4.98 Å². The minimum atomic E-state index is -0.161. The van der Waals surface area contributed by atoms with Crippen molar-refractivity contribution in [2.24, 2.45) is 5.73 Å². The molecule has 0 saturated carbocycles. The Hall–Kier alpha value is -1.22. The molecule has 3 nitrogen and oxygen atoms in total. The first kappa shape index (κ1) is 6.89. The van der Waals surface area contributed by atoms with Gasteiger partial charge >= 0.3 is 0 Å². The van der Waals surface area contributed by atoms with Crippen molar-refractivity contribution in [2.75, 3.05) is 5.73 Å². The monoisotopic (exact) mass is 137 g/mol. The van der Waals surface area contributed by atoms with Crippen molar-refractivity contribution in [3.8, 4) is 0 Å². The van der Waals surface area contributed by atoms with Crippen LogP contribution < -0.4 is 11.5 Å². The summed E-state index contributed by atoms with van der Waals surface area (Å²) in [6, 6.07) is -0.161. The van der Waals surface area contributed by atoms with Crippen molar-refractivity contribution in [2.45, 2.75) is 6.04 Å². The van der Waals surface area contributed by atoms with Crippen molar-refractivity contribution in [3.63, 3.8) is 0 Å². The third-order valence-corrected chi connectivity index (χ3v) is 1.42. The van der Waals surface area contributed by atoms with E-state index in [0.29, 0.717) is 5.69 Å². The maximum Gasteiger partial charge on any atom is 0.0543 e. The van der Waals surface area contributed by atoms with Crippen LogP contribution in [0.5, 0.6) is 0 Å². The van der Waals surface area contributed by atoms with Gasteiger partial charge in [0.15, 0.2) is 0 Å². The number of aromatic nitrogens is 1. The van der Waals surface area contributed by atoms with E-state index in [9.17, 15) is 0 Å². The molecule has 0 saturated heterocycles. The highest BCUT2D eigenvalue weighted by Gasteiger charge is 2.04. The summed E-state index contributed by atoms with van der Waals surface area (Å²) in [4.78, 5) is 2.86. The molecule has 0 aliphatic rings. The van der Waals surface area contributed by atoms with E-state index in [0.717, 1.165) is 5.56 Å². The topological polar surface area (TPSA) is 67.8 Å². The van der Waals surface area contributed by atoms with E-state index >= 15 is 0 Å². The van der Waals surface area contributed by atoms with Crippen molar-refractivity contribution < 1.29 is 0 Å². The average Bonchev–Trinajstić information content (AvgIpc) is 2.34. The molecule has 0 aliphatic carbocycles. The fraction of sp³-hybridized carbons (Fsp3) is 0.143. The van der Waals surface area contributed by atoms with Gasteiger partial charge in [-0.05, 0) is 0 Å². The number of rotatable bonds is 2. The SMILES string of the molecule is C=C[C@@H](N)c1c[nH]cc1N. The van der Waals surface area contributed by atoms with Crippen LogP contribution in [-0.4, -0.2) is 4.98 Å². The summed E-state index contributed by atoms with van der Waals surface area (Å²) in [7, 11) is 0. The summed E-state index contributed by atoms with van der Waals surface area (Å²) in [6.07, 6.45) is 5.14. The quantitative estimate of drug-likeness (QED) is 0.527. The predicted octanol–water partition coefficient (Wildman–Crippen LogP) is 0.783. The van der Waals surface area contributed by atoms with Crippen LogP contribution in [0.3, 0.4) is 0 Å². The molecule has 10 heavy (non-hydrogen) atoms. The molecule has 0 aromatic carbocycles. The minimum Gasteiger partial charge on any atom is -0.397 e. The van der Waals surface area contributed by atoms with E-state index in [4.69, 9.17) is 11.5 Å². The zero-order valence-electron chi connectivity index (χ0n) is 5.67. The first-order chi connectivity index (χ1) is 4.75. The van der Waals surface area contributed by atoms with Gasteiger partial charge in [0.2, 0.25) is 0 Å².